The summed E-state index contributed by atoms with van der Waals surface area (Å²) in [4.78, 5) is 11.2. The summed E-state index contributed by atoms with van der Waals surface area (Å²) >= 11 is 11.4. The van der Waals surface area contributed by atoms with Crippen LogP contribution in [-0.2, 0) is 17.1 Å². The zero-order chi connectivity index (χ0) is 14.7. The average molecular weight is 337 g/mol. The summed E-state index contributed by atoms with van der Waals surface area (Å²) in [6.07, 6.45) is 4.47. The summed E-state index contributed by atoms with van der Waals surface area (Å²) in [6, 6.07) is -0.00910. The first-order valence-corrected chi connectivity index (χ1v) is 8.62. The van der Waals surface area contributed by atoms with Gasteiger partial charge < -0.3 is 4.57 Å². The van der Waals surface area contributed by atoms with E-state index in [9.17, 15) is 13.2 Å². The van der Waals surface area contributed by atoms with Crippen molar-refractivity contribution in [3.05, 3.63) is 16.9 Å². The molecule has 0 saturated heterocycles. The van der Waals surface area contributed by atoms with Gasteiger partial charge in [-0.2, -0.15) is 0 Å². The van der Waals surface area contributed by atoms with Crippen LogP contribution in [0.5, 0.6) is 0 Å². The molecule has 3 unspecified atom stereocenters. The molecule has 2 aliphatic carbocycles. The molecular formula is C12H14Cl2N2O3S. The molecule has 20 heavy (non-hydrogen) atoms. The van der Waals surface area contributed by atoms with Gasteiger partial charge in [0.15, 0.2) is 0 Å². The molecule has 3 rings (SSSR count). The molecule has 1 aromatic heterocycles. The number of nitrogens with zero attached hydrogens (tertiary/aromatic N) is 1. The zero-order valence-electron chi connectivity index (χ0n) is 10.8. The third-order valence-corrected chi connectivity index (χ3v) is 6.60. The Balaban J connectivity index is 1.87. The van der Waals surface area contributed by atoms with Crippen molar-refractivity contribution in [1.82, 2.24) is 9.29 Å². The molecule has 8 heteroatoms. The summed E-state index contributed by atoms with van der Waals surface area (Å²) in [6.45, 7) is 0. The van der Waals surface area contributed by atoms with Crippen LogP contribution in [0.4, 0.5) is 0 Å². The van der Waals surface area contributed by atoms with Crippen LogP contribution in [0.1, 0.15) is 29.8 Å². The Labute approximate surface area is 127 Å². The third kappa shape index (κ3) is 2.09. The van der Waals surface area contributed by atoms with Gasteiger partial charge in [0.25, 0.3) is 5.24 Å². The number of aryl methyl sites for hydroxylation is 1. The molecule has 1 heterocycles. The van der Waals surface area contributed by atoms with Crippen molar-refractivity contribution < 1.29 is 13.2 Å². The molecular weight excluding hydrogens is 323 g/mol. The standard InChI is InChI=1S/C12H14Cl2N2O3S/c1-16-5-9(10(13)11(16)12(14)17)20(18,19)15-8-4-6-2-3-7(6)8/h5-8,15H,2-4H2,1H3. The Morgan fingerprint density at radius 3 is 2.55 bits per heavy atom. The molecule has 1 aromatic rings. The number of carbonyl (C=O) groups excluding carboxylic acids is 1. The molecule has 0 spiro atoms. The average Bonchev–Trinajstić information content (AvgIpc) is 2.61. The number of halogens is 2. The van der Waals surface area contributed by atoms with Crippen molar-refractivity contribution in [2.45, 2.75) is 30.2 Å². The summed E-state index contributed by atoms with van der Waals surface area (Å²) in [5.41, 5.74) is -0.0103. The maximum Gasteiger partial charge on any atom is 0.270 e. The largest absolute Gasteiger partial charge is 0.344 e. The quantitative estimate of drug-likeness (QED) is 0.856. The Morgan fingerprint density at radius 2 is 2.15 bits per heavy atom. The van der Waals surface area contributed by atoms with Crippen molar-refractivity contribution in [3.8, 4) is 0 Å². The van der Waals surface area contributed by atoms with Gasteiger partial charge in [-0.05, 0) is 42.7 Å². The molecule has 2 aliphatic rings. The number of sulfonamides is 1. The van der Waals surface area contributed by atoms with Crippen LogP contribution in [0.3, 0.4) is 0 Å². The van der Waals surface area contributed by atoms with Crippen LogP contribution in [0.2, 0.25) is 5.02 Å². The third-order valence-electron chi connectivity index (χ3n) is 4.42. The minimum atomic E-state index is -3.72. The number of aromatic nitrogens is 1. The number of hydrogen-bond acceptors (Lipinski definition) is 3. The monoisotopic (exact) mass is 336 g/mol. The first-order chi connectivity index (χ1) is 9.31. The van der Waals surface area contributed by atoms with Crippen LogP contribution in [0, 0.1) is 11.8 Å². The Morgan fingerprint density at radius 1 is 1.45 bits per heavy atom. The fraction of sp³-hybridized carbons (Fsp3) is 0.583. The van der Waals surface area contributed by atoms with Gasteiger partial charge >= 0.3 is 0 Å². The first kappa shape index (κ1) is 14.4. The molecule has 0 radical (unpaired) electrons. The lowest BCUT2D eigenvalue weighted by Gasteiger charge is -2.52. The second kappa shape index (κ2) is 4.73. The van der Waals surface area contributed by atoms with Crippen molar-refractivity contribution in [3.63, 3.8) is 0 Å². The van der Waals surface area contributed by atoms with E-state index >= 15 is 0 Å². The summed E-state index contributed by atoms with van der Waals surface area (Å²) in [5, 5.41) is -0.897. The fourth-order valence-electron chi connectivity index (χ4n) is 3.10. The van der Waals surface area contributed by atoms with Gasteiger partial charge in [0, 0.05) is 19.3 Å². The lowest BCUT2D eigenvalue weighted by molar-refractivity contribution is 0.0172. The molecule has 5 nitrogen and oxygen atoms in total. The highest BCUT2D eigenvalue weighted by atomic mass is 35.5. The SMILES string of the molecule is Cn1cc(S(=O)(=O)NC2CC3CCC32)c(Cl)c1C(=O)Cl. The predicted molar refractivity (Wildman–Crippen MR) is 75.5 cm³/mol. The lowest BCUT2D eigenvalue weighted by atomic mass is 9.57. The highest BCUT2D eigenvalue weighted by Crippen LogP contribution is 2.50. The van der Waals surface area contributed by atoms with Gasteiger partial charge in [0.05, 0.1) is 5.02 Å². The van der Waals surface area contributed by atoms with Gasteiger partial charge in [0.1, 0.15) is 10.6 Å². The van der Waals surface area contributed by atoms with Gasteiger partial charge in [-0.3, -0.25) is 4.79 Å². The maximum atomic E-state index is 12.4. The normalized spacial score (nSPS) is 28.4. The number of rotatable bonds is 4. The van der Waals surface area contributed by atoms with Crippen molar-refractivity contribution >= 4 is 38.5 Å². The second-order valence-corrected chi connectivity index (χ2v) is 7.91. The van der Waals surface area contributed by atoms with Crippen LogP contribution in [0.25, 0.3) is 0 Å². The maximum absolute atomic E-state index is 12.4. The van der Waals surface area contributed by atoms with Gasteiger partial charge in [0.2, 0.25) is 10.0 Å². The van der Waals surface area contributed by atoms with Crippen molar-refractivity contribution in [1.29, 1.82) is 0 Å². The van der Waals surface area contributed by atoms with E-state index in [0.717, 1.165) is 12.8 Å². The van der Waals surface area contributed by atoms with Crippen LogP contribution in [0.15, 0.2) is 11.1 Å². The molecule has 0 bridgehead atoms. The Hall–Kier alpha value is -0.560. The fourth-order valence-corrected chi connectivity index (χ4v) is 5.38. The molecule has 110 valence electrons. The van der Waals surface area contributed by atoms with Crippen molar-refractivity contribution in [2.24, 2.45) is 18.9 Å². The van der Waals surface area contributed by atoms with Gasteiger partial charge in [-0.15, -0.1) is 0 Å². The van der Waals surface area contributed by atoms with E-state index in [1.54, 1.807) is 0 Å². The smallest absolute Gasteiger partial charge is 0.270 e. The molecule has 0 amide bonds. The molecule has 1 N–H and O–H groups in total. The summed E-state index contributed by atoms with van der Waals surface area (Å²) in [7, 11) is -2.19. The summed E-state index contributed by atoms with van der Waals surface area (Å²) < 4.78 is 28.7. The Kier molecular flexibility index (Phi) is 3.40. The van der Waals surface area contributed by atoms with E-state index < -0.39 is 15.3 Å². The Bertz CT molecular complexity index is 683. The van der Waals surface area contributed by atoms with Crippen LogP contribution >= 0.6 is 23.2 Å². The van der Waals surface area contributed by atoms with E-state index in [2.05, 4.69) is 4.72 Å². The number of fused-ring (bicyclic) bond motifs is 1. The van der Waals surface area contributed by atoms with Gasteiger partial charge in [-0.1, -0.05) is 11.6 Å². The molecule has 0 aliphatic heterocycles. The minimum absolute atomic E-state index is 0.00910. The number of nitrogens with one attached hydrogen (secondary N) is 1. The molecule has 2 fully saturated rings. The zero-order valence-corrected chi connectivity index (χ0v) is 13.1. The van der Waals surface area contributed by atoms with E-state index in [0.29, 0.717) is 11.8 Å². The van der Waals surface area contributed by atoms with Gasteiger partial charge in [-0.25, -0.2) is 13.1 Å². The molecule has 2 saturated carbocycles. The first-order valence-electron chi connectivity index (χ1n) is 6.38. The van der Waals surface area contributed by atoms with E-state index in [4.69, 9.17) is 23.2 Å². The number of carbonyl (C=O) groups is 1. The summed E-state index contributed by atoms with van der Waals surface area (Å²) in [5.74, 6) is 1.13. The topological polar surface area (TPSA) is 68.2 Å². The van der Waals surface area contributed by atoms with E-state index in [-0.39, 0.29) is 21.7 Å². The minimum Gasteiger partial charge on any atom is -0.344 e. The van der Waals surface area contributed by atoms with E-state index in [1.807, 2.05) is 0 Å². The second-order valence-electron chi connectivity index (χ2n) is 5.51. The van der Waals surface area contributed by atoms with Crippen molar-refractivity contribution in [2.75, 3.05) is 0 Å². The lowest BCUT2D eigenvalue weighted by Crippen LogP contribution is -2.56. The number of hydrogen-bond donors (Lipinski definition) is 1. The van der Waals surface area contributed by atoms with Crippen LogP contribution in [-0.4, -0.2) is 24.3 Å². The predicted octanol–water partition coefficient (Wildman–Crippen LogP) is 2.13. The molecule has 3 atom stereocenters. The molecule has 0 aromatic carbocycles. The van der Waals surface area contributed by atoms with E-state index in [1.165, 1.54) is 24.2 Å². The van der Waals surface area contributed by atoms with Crippen LogP contribution < -0.4 is 4.72 Å². The highest BCUT2D eigenvalue weighted by Gasteiger charge is 2.48. The highest BCUT2D eigenvalue weighted by molar-refractivity contribution is 7.89.